The third-order valence-electron chi connectivity index (χ3n) is 3.97. The Morgan fingerprint density at radius 3 is 2.68 bits per heavy atom. The number of ether oxygens (including phenoxy) is 1. The maximum absolute atomic E-state index is 14.3. The Kier molecular flexibility index (Phi) is 4.73. The van der Waals surface area contributed by atoms with Gasteiger partial charge in [-0.2, -0.15) is 13.2 Å². The van der Waals surface area contributed by atoms with Crippen LogP contribution in [0.3, 0.4) is 0 Å². The number of alkyl halides is 3. The van der Waals surface area contributed by atoms with E-state index in [1.807, 2.05) is 0 Å². The van der Waals surface area contributed by atoms with Gasteiger partial charge in [-0.15, -0.1) is 0 Å². The van der Waals surface area contributed by atoms with E-state index < -0.39 is 17.6 Å². The zero-order chi connectivity index (χ0) is 18.0. The SMILES string of the molecule is CCc1ncnc(N2CCC(Oc3ccc(C(F)(F)F)cn3)C2)c1F. The van der Waals surface area contributed by atoms with Gasteiger partial charge in [-0.25, -0.2) is 19.3 Å². The fraction of sp³-hybridized carbons (Fsp3) is 0.438. The van der Waals surface area contributed by atoms with Gasteiger partial charge in [0.05, 0.1) is 17.8 Å². The summed E-state index contributed by atoms with van der Waals surface area (Å²) in [6, 6.07) is 2.11. The number of nitrogens with zero attached hydrogens (tertiary/aromatic N) is 4. The lowest BCUT2D eigenvalue weighted by atomic mass is 10.3. The summed E-state index contributed by atoms with van der Waals surface area (Å²) < 4.78 is 57.5. The summed E-state index contributed by atoms with van der Waals surface area (Å²) in [6.45, 7) is 2.71. The highest BCUT2D eigenvalue weighted by molar-refractivity contribution is 5.42. The average molecular weight is 356 g/mol. The molecule has 9 heteroatoms. The molecule has 2 aromatic rings. The Morgan fingerprint density at radius 2 is 2.04 bits per heavy atom. The average Bonchev–Trinajstić information content (AvgIpc) is 3.03. The van der Waals surface area contributed by atoms with E-state index in [4.69, 9.17) is 4.74 Å². The second-order valence-corrected chi connectivity index (χ2v) is 5.67. The summed E-state index contributed by atoms with van der Waals surface area (Å²) in [5, 5.41) is 0. The fourth-order valence-electron chi connectivity index (χ4n) is 2.67. The Labute approximate surface area is 141 Å². The van der Waals surface area contributed by atoms with E-state index in [1.165, 1.54) is 12.4 Å². The van der Waals surface area contributed by atoms with Crippen LogP contribution < -0.4 is 9.64 Å². The van der Waals surface area contributed by atoms with Gasteiger partial charge in [-0.1, -0.05) is 6.92 Å². The van der Waals surface area contributed by atoms with Gasteiger partial charge < -0.3 is 9.64 Å². The van der Waals surface area contributed by atoms with Gasteiger partial charge in [0.2, 0.25) is 5.88 Å². The van der Waals surface area contributed by atoms with Crippen LogP contribution in [-0.4, -0.2) is 34.1 Å². The number of hydrogen-bond donors (Lipinski definition) is 0. The lowest BCUT2D eigenvalue weighted by Crippen LogP contribution is -2.26. The molecule has 1 atom stereocenters. The third-order valence-corrected chi connectivity index (χ3v) is 3.97. The van der Waals surface area contributed by atoms with Crippen LogP contribution >= 0.6 is 0 Å². The fourth-order valence-corrected chi connectivity index (χ4v) is 2.67. The van der Waals surface area contributed by atoms with Crippen LogP contribution in [-0.2, 0) is 12.6 Å². The van der Waals surface area contributed by atoms with E-state index in [-0.39, 0.29) is 17.8 Å². The first-order chi connectivity index (χ1) is 11.9. The van der Waals surface area contributed by atoms with Crippen molar-refractivity contribution in [1.82, 2.24) is 15.0 Å². The number of pyridine rings is 1. The van der Waals surface area contributed by atoms with Crippen LogP contribution in [0.2, 0.25) is 0 Å². The van der Waals surface area contributed by atoms with Gasteiger partial charge in [0.25, 0.3) is 0 Å². The number of aryl methyl sites for hydroxylation is 1. The van der Waals surface area contributed by atoms with Crippen molar-refractivity contribution in [1.29, 1.82) is 0 Å². The third kappa shape index (κ3) is 3.80. The molecule has 0 spiro atoms. The highest BCUT2D eigenvalue weighted by Crippen LogP contribution is 2.30. The lowest BCUT2D eigenvalue weighted by Gasteiger charge is -2.19. The number of aromatic nitrogens is 3. The summed E-state index contributed by atoms with van der Waals surface area (Å²) in [5.74, 6) is -0.117. The van der Waals surface area contributed by atoms with Gasteiger partial charge in [0, 0.05) is 25.2 Å². The van der Waals surface area contributed by atoms with E-state index >= 15 is 0 Å². The minimum absolute atomic E-state index is 0.109. The van der Waals surface area contributed by atoms with Crippen molar-refractivity contribution in [2.45, 2.75) is 32.0 Å². The number of hydrogen-bond acceptors (Lipinski definition) is 5. The monoisotopic (exact) mass is 356 g/mol. The molecule has 0 amide bonds. The first-order valence-electron chi connectivity index (χ1n) is 7.82. The molecule has 1 unspecified atom stereocenters. The first kappa shape index (κ1) is 17.4. The molecule has 0 aromatic carbocycles. The molecule has 1 fully saturated rings. The van der Waals surface area contributed by atoms with Crippen molar-refractivity contribution < 1.29 is 22.3 Å². The standard InChI is InChI=1S/C16H16F4N4O/c1-2-12-14(17)15(23-9-22-12)24-6-5-11(8-24)25-13-4-3-10(7-21-13)16(18,19)20/h3-4,7,9,11H,2,5-6,8H2,1H3. The highest BCUT2D eigenvalue weighted by atomic mass is 19.4. The second kappa shape index (κ2) is 6.81. The van der Waals surface area contributed by atoms with Gasteiger partial charge in [0.1, 0.15) is 12.4 Å². The molecule has 1 aliphatic rings. The Bertz CT molecular complexity index is 736. The highest BCUT2D eigenvalue weighted by Gasteiger charge is 2.31. The van der Waals surface area contributed by atoms with Gasteiger partial charge in [-0.05, 0) is 12.5 Å². The van der Waals surface area contributed by atoms with Gasteiger partial charge in [-0.3, -0.25) is 0 Å². The molecule has 0 radical (unpaired) electrons. The summed E-state index contributed by atoms with van der Waals surface area (Å²) in [7, 11) is 0. The number of halogens is 4. The van der Waals surface area contributed by atoms with Crippen LogP contribution in [0.1, 0.15) is 24.6 Å². The van der Waals surface area contributed by atoms with E-state index in [2.05, 4.69) is 15.0 Å². The molecular formula is C16H16F4N4O. The molecule has 0 saturated carbocycles. The Hall–Kier alpha value is -2.45. The minimum Gasteiger partial charge on any atom is -0.472 e. The van der Waals surface area contributed by atoms with Gasteiger partial charge in [0.15, 0.2) is 11.6 Å². The predicted molar refractivity (Wildman–Crippen MR) is 81.9 cm³/mol. The van der Waals surface area contributed by atoms with Crippen molar-refractivity contribution in [3.05, 3.63) is 41.7 Å². The maximum Gasteiger partial charge on any atom is 0.417 e. The summed E-state index contributed by atoms with van der Waals surface area (Å²) in [4.78, 5) is 13.3. The molecule has 3 rings (SSSR count). The molecule has 2 aromatic heterocycles. The quantitative estimate of drug-likeness (QED) is 0.787. The molecule has 0 N–H and O–H groups in total. The summed E-state index contributed by atoms with van der Waals surface area (Å²) in [5.41, 5.74) is -0.484. The molecule has 1 aliphatic heterocycles. The van der Waals surface area contributed by atoms with Gasteiger partial charge >= 0.3 is 6.18 Å². The molecule has 25 heavy (non-hydrogen) atoms. The molecule has 0 aliphatic carbocycles. The zero-order valence-electron chi connectivity index (χ0n) is 13.4. The van der Waals surface area contributed by atoms with Crippen LogP contribution in [0.15, 0.2) is 24.7 Å². The number of rotatable bonds is 4. The van der Waals surface area contributed by atoms with Crippen molar-refractivity contribution in [3.63, 3.8) is 0 Å². The molecule has 0 bridgehead atoms. The zero-order valence-corrected chi connectivity index (χ0v) is 13.4. The molecule has 1 saturated heterocycles. The maximum atomic E-state index is 14.3. The Morgan fingerprint density at radius 1 is 1.24 bits per heavy atom. The lowest BCUT2D eigenvalue weighted by molar-refractivity contribution is -0.137. The summed E-state index contributed by atoms with van der Waals surface area (Å²) in [6.07, 6.45) is -1.62. The smallest absolute Gasteiger partial charge is 0.417 e. The van der Waals surface area contributed by atoms with Crippen LogP contribution in [0.4, 0.5) is 23.4 Å². The minimum atomic E-state index is -4.43. The molecule has 134 valence electrons. The Balaban J connectivity index is 1.66. The molecule has 3 heterocycles. The summed E-state index contributed by atoms with van der Waals surface area (Å²) >= 11 is 0. The van der Waals surface area contributed by atoms with E-state index in [1.54, 1.807) is 11.8 Å². The largest absolute Gasteiger partial charge is 0.472 e. The second-order valence-electron chi connectivity index (χ2n) is 5.67. The van der Waals surface area contributed by atoms with Crippen molar-refractivity contribution in [3.8, 4) is 5.88 Å². The molecular weight excluding hydrogens is 340 g/mol. The first-order valence-corrected chi connectivity index (χ1v) is 7.82. The normalized spacial score (nSPS) is 17.8. The van der Waals surface area contributed by atoms with Crippen LogP contribution in [0, 0.1) is 5.82 Å². The van der Waals surface area contributed by atoms with E-state index in [0.29, 0.717) is 31.6 Å². The van der Waals surface area contributed by atoms with Crippen LogP contribution in [0.25, 0.3) is 0 Å². The van der Waals surface area contributed by atoms with Crippen LogP contribution in [0.5, 0.6) is 5.88 Å². The van der Waals surface area contributed by atoms with E-state index in [9.17, 15) is 17.6 Å². The van der Waals surface area contributed by atoms with Crippen molar-refractivity contribution in [2.24, 2.45) is 0 Å². The van der Waals surface area contributed by atoms with Crippen molar-refractivity contribution >= 4 is 5.82 Å². The topological polar surface area (TPSA) is 51.1 Å². The van der Waals surface area contributed by atoms with E-state index in [0.717, 1.165) is 12.3 Å². The van der Waals surface area contributed by atoms with Crippen molar-refractivity contribution in [2.75, 3.05) is 18.0 Å². The number of anilines is 1. The molecule has 5 nitrogen and oxygen atoms in total. The predicted octanol–water partition coefficient (Wildman–Crippen LogP) is 3.25.